The molecule has 4 aromatic rings. The van der Waals surface area contributed by atoms with Gasteiger partial charge < -0.3 is 35.8 Å². The van der Waals surface area contributed by atoms with Gasteiger partial charge in [0.2, 0.25) is 11.8 Å². The molecule has 0 fully saturated rings. The fourth-order valence-electron chi connectivity index (χ4n) is 8.87. The van der Waals surface area contributed by atoms with Crippen molar-refractivity contribution in [2.45, 2.75) is 180 Å². The van der Waals surface area contributed by atoms with Crippen molar-refractivity contribution >= 4 is 29.4 Å². The summed E-state index contributed by atoms with van der Waals surface area (Å²) in [6.07, 6.45) is 19.1. The highest BCUT2D eigenvalue weighted by Crippen LogP contribution is 2.42. The number of hydrogen-bond acceptors (Lipinski definition) is 6. The van der Waals surface area contributed by atoms with Crippen LogP contribution in [0.1, 0.15) is 171 Å². The first kappa shape index (κ1) is 56.0. The monoisotopic (exact) mass is 951 g/mol. The highest BCUT2D eigenvalue weighted by Gasteiger charge is 2.31. The summed E-state index contributed by atoms with van der Waals surface area (Å²) in [6.45, 7) is 6.85. The number of carboxylic acid groups (broad SMARTS) is 1. The Morgan fingerprint density at radius 2 is 1.29 bits per heavy atom. The zero-order chi connectivity index (χ0) is 49.8. The summed E-state index contributed by atoms with van der Waals surface area (Å²) < 4.78 is 16.3. The third-order valence-corrected chi connectivity index (χ3v) is 12.5. The van der Waals surface area contributed by atoms with Crippen molar-refractivity contribution < 1.29 is 38.9 Å². The minimum Gasteiger partial charge on any atom is -0.480 e. The van der Waals surface area contributed by atoms with E-state index in [9.17, 15) is 38.9 Å². The first-order valence-corrected chi connectivity index (χ1v) is 25.6. The molecule has 3 aromatic carbocycles. The number of rotatable bonds is 34. The molecule has 3 atom stereocenters. The second-order valence-electron chi connectivity index (χ2n) is 18.7. The lowest BCUT2D eigenvalue weighted by atomic mass is 9.94. The Kier molecular flexibility index (Phi) is 25.6. The number of allylic oxidation sites excluding steroid dienone is 2. The topological polar surface area (TPSA) is 170 Å². The average Bonchev–Trinajstić information content (AvgIpc) is 3.68. The van der Waals surface area contributed by atoms with Crippen LogP contribution in [0.4, 0.5) is 10.1 Å². The summed E-state index contributed by atoms with van der Waals surface area (Å²) in [5.41, 5.74) is 4.57. The fourth-order valence-corrected chi connectivity index (χ4v) is 8.87. The molecule has 0 aliphatic rings. The summed E-state index contributed by atoms with van der Waals surface area (Å²) in [6, 6.07) is 23.6. The number of nitrogens with one attached hydrogen (secondary N) is 3. The van der Waals surface area contributed by atoms with Crippen LogP contribution in [0.15, 0.2) is 97.1 Å². The number of aliphatic hydroxyl groups is 2. The number of benzene rings is 3. The molecule has 0 aliphatic heterocycles. The van der Waals surface area contributed by atoms with Crippen molar-refractivity contribution in [1.82, 2.24) is 15.2 Å². The highest BCUT2D eigenvalue weighted by atomic mass is 19.1. The van der Waals surface area contributed by atoms with Crippen LogP contribution in [0.2, 0.25) is 0 Å². The Morgan fingerprint density at radius 1 is 0.681 bits per heavy atom. The third-order valence-electron chi connectivity index (χ3n) is 12.5. The molecule has 1 unspecified atom stereocenters. The molecule has 0 bridgehead atoms. The van der Waals surface area contributed by atoms with Crippen LogP contribution in [0.25, 0.3) is 22.4 Å². The third kappa shape index (κ3) is 20.1. The number of aliphatic carboxylic acids is 1. The quantitative estimate of drug-likeness (QED) is 0.0200. The van der Waals surface area contributed by atoms with Gasteiger partial charge in [-0.1, -0.05) is 133 Å². The minimum atomic E-state index is -1.26. The molecule has 376 valence electrons. The van der Waals surface area contributed by atoms with Crippen molar-refractivity contribution in [3.8, 4) is 22.4 Å². The molecule has 3 amide bonds. The molecule has 1 heterocycles. The predicted octanol–water partition coefficient (Wildman–Crippen LogP) is 12.1. The van der Waals surface area contributed by atoms with Gasteiger partial charge in [0.05, 0.1) is 29.9 Å². The molecule has 0 radical (unpaired) electrons. The number of anilines is 1. The van der Waals surface area contributed by atoms with Crippen molar-refractivity contribution in [3.05, 3.63) is 114 Å². The Balaban J connectivity index is 1.24. The second-order valence-corrected chi connectivity index (χ2v) is 18.7. The van der Waals surface area contributed by atoms with Crippen molar-refractivity contribution in [3.63, 3.8) is 0 Å². The van der Waals surface area contributed by atoms with E-state index in [1.54, 1.807) is 12.1 Å². The molecule has 4 rings (SSSR count). The number of para-hydroxylation sites is 1. The maximum Gasteiger partial charge on any atom is 0.326 e. The molecule has 0 saturated carbocycles. The second kappa shape index (κ2) is 31.5. The van der Waals surface area contributed by atoms with E-state index in [1.165, 1.54) is 63.5 Å². The van der Waals surface area contributed by atoms with Crippen LogP contribution in [0.5, 0.6) is 0 Å². The summed E-state index contributed by atoms with van der Waals surface area (Å²) in [5.74, 6) is -2.75. The van der Waals surface area contributed by atoms with Crippen molar-refractivity contribution in [1.29, 1.82) is 0 Å². The molecule has 0 aliphatic carbocycles. The van der Waals surface area contributed by atoms with Gasteiger partial charge in [-0.2, -0.15) is 0 Å². The first-order chi connectivity index (χ1) is 33.4. The van der Waals surface area contributed by atoms with E-state index in [0.29, 0.717) is 59.6 Å². The van der Waals surface area contributed by atoms with Gasteiger partial charge in [-0.05, 0) is 118 Å². The molecular weight excluding hydrogens is 872 g/mol. The summed E-state index contributed by atoms with van der Waals surface area (Å²) in [7, 11) is 0. The lowest BCUT2D eigenvalue weighted by molar-refractivity contribution is -0.142. The fraction of sp³-hybridized carbons (Fsp3) is 0.509. The van der Waals surface area contributed by atoms with Crippen LogP contribution in [0, 0.1) is 5.82 Å². The van der Waals surface area contributed by atoms with Gasteiger partial charge in [0.15, 0.2) is 0 Å². The zero-order valence-corrected chi connectivity index (χ0v) is 41.4. The number of nitrogens with zero attached hydrogens (tertiary/aromatic N) is 1. The largest absolute Gasteiger partial charge is 0.480 e. The molecule has 11 nitrogen and oxygen atoms in total. The van der Waals surface area contributed by atoms with E-state index in [2.05, 4.69) is 35.0 Å². The van der Waals surface area contributed by atoms with E-state index in [1.807, 2.05) is 79.1 Å². The Hall–Kier alpha value is -5.59. The lowest BCUT2D eigenvalue weighted by Crippen LogP contribution is -2.42. The maximum absolute atomic E-state index is 14.4. The Morgan fingerprint density at radius 3 is 1.91 bits per heavy atom. The van der Waals surface area contributed by atoms with E-state index in [-0.39, 0.29) is 43.5 Å². The predicted molar refractivity (Wildman–Crippen MR) is 275 cm³/mol. The Labute approximate surface area is 410 Å². The Bertz CT molecular complexity index is 2160. The van der Waals surface area contributed by atoms with Gasteiger partial charge in [-0.3, -0.25) is 14.4 Å². The van der Waals surface area contributed by atoms with Gasteiger partial charge in [0, 0.05) is 36.5 Å². The summed E-state index contributed by atoms with van der Waals surface area (Å²) >= 11 is 0. The number of aliphatic hydroxyl groups excluding tert-OH is 2. The van der Waals surface area contributed by atoms with Crippen LogP contribution in [-0.2, 0) is 20.9 Å². The molecular formula is C57H79FN4O7. The van der Waals surface area contributed by atoms with Gasteiger partial charge in [-0.15, -0.1) is 0 Å². The van der Waals surface area contributed by atoms with Crippen LogP contribution in [-0.4, -0.2) is 68.4 Å². The highest BCUT2D eigenvalue weighted by molar-refractivity contribution is 6.12. The average molecular weight is 951 g/mol. The maximum atomic E-state index is 14.4. The molecule has 0 saturated heterocycles. The van der Waals surface area contributed by atoms with Crippen LogP contribution in [0.3, 0.4) is 0 Å². The smallest absolute Gasteiger partial charge is 0.326 e. The molecule has 69 heavy (non-hydrogen) atoms. The molecule has 6 N–H and O–H groups in total. The van der Waals surface area contributed by atoms with Crippen molar-refractivity contribution in [2.24, 2.45) is 0 Å². The molecule has 1 aromatic heterocycles. The van der Waals surface area contributed by atoms with Crippen LogP contribution < -0.4 is 16.0 Å². The lowest BCUT2D eigenvalue weighted by Gasteiger charge is -2.21. The SMILES string of the molecule is CCCCCCCCC=CCCCCCCCC(=O)NCCCCC(NC(=O)C[C@H](O)C[C@H](O)CCn1c(-c2ccc(F)cc2)c(-c2ccccc2)c(C(=O)Nc2ccccc2)c1C(C)C)C(=O)O. The number of amides is 3. The number of carbonyl (C=O) groups excluding carboxylic acids is 3. The zero-order valence-electron chi connectivity index (χ0n) is 41.4. The minimum absolute atomic E-state index is 0.0122. The van der Waals surface area contributed by atoms with E-state index < -0.39 is 42.4 Å². The van der Waals surface area contributed by atoms with Gasteiger partial charge in [-0.25, -0.2) is 9.18 Å². The van der Waals surface area contributed by atoms with Gasteiger partial charge in [0.25, 0.3) is 5.91 Å². The first-order valence-electron chi connectivity index (χ1n) is 25.6. The number of carbonyl (C=O) groups is 4. The van der Waals surface area contributed by atoms with Gasteiger partial charge in [0.1, 0.15) is 11.9 Å². The number of carboxylic acids is 1. The van der Waals surface area contributed by atoms with Gasteiger partial charge >= 0.3 is 5.97 Å². The number of hydrogen-bond donors (Lipinski definition) is 6. The number of halogens is 1. The number of aromatic nitrogens is 1. The van der Waals surface area contributed by atoms with Crippen LogP contribution >= 0.6 is 0 Å². The summed E-state index contributed by atoms with van der Waals surface area (Å²) in [4.78, 5) is 51.7. The number of unbranched alkanes of at least 4 members (excludes halogenated alkanes) is 12. The molecule has 12 heteroatoms. The normalized spacial score (nSPS) is 12.8. The molecule has 0 spiro atoms. The summed E-state index contributed by atoms with van der Waals surface area (Å²) in [5, 5.41) is 40.5. The standard InChI is InChI=1S/C57H79FN4O7/c1-4-5-6-7-8-9-10-11-12-13-14-15-16-17-24-32-50(65)59-38-26-25-31-49(57(68)69)61-51(66)41-48(64)40-47(63)37-39-62-54(42(2)3)53(56(67)60-46-29-22-19-23-30-46)52(43-27-20-18-21-28-43)55(62)44-33-35-45(58)36-34-44/h11-12,18-23,27-30,33-36,42,47-49,63-64H,4-10,13-17,24-26,31-32,37-41H2,1-3H3,(H,59,65)(H,60,67)(H,61,66)(H,68,69)/t47-,48-,49?/m1/s1. The van der Waals surface area contributed by atoms with Crippen molar-refractivity contribution in [2.75, 3.05) is 11.9 Å². The van der Waals surface area contributed by atoms with E-state index >= 15 is 0 Å². The van der Waals surface area contributed by atoms with E-state index in [4.69, 9.17) is 0 Å². The van der Waals surface area contributed by atoms with E-state index in [0.717, 1.165) is 37.7 Å².